The van der Waals surface area contributed by atoms with Crippen LogP contribution in [0.2, 0.25) is 0 Å². The molecule has 1 unspecified atom stereocenters. The number of amides is 1. The van der Waals surface area contributed by atoms with Gasteiger partial charge < -0.3 is 9.64 Å². The van der Waals surface area contributed by atoms with E-state index in [2.05, 4.69) is 6.92 Å². The fourth-order valence-corrected chi connectivity index (χ4v) is 3.93. The molecule has 1 aliphatic heterocycles. The van der Waals surface area contributed by atoms with E-state index in [0.717, 1.165) is 32.2 Å². The van der Waals surface area contributed by atoms with Crippen LogP contribution in [0.4, 0.5) is 5.69 Å². The molecule has 1 saturated heterocycles. The maximum atomic E-state index is 12.4. The molecule has 0 saturated carbocycles. The summed E-state index contributed by atoms with van der Waals surface area (Å²) in [5.41, 5.74) is 0.540. The highest BCUT2D eigenvalue weighted by molar-refractivity contribution is 7.92. The molecule has 1 aromatic carbocycles. The summed E-state index contributed by atoms with van der Waals surface area (Å²) in [6, 6.07) is 6.80. The molecule has 1 heterocycles. The minimum atomic E-state index is -3.45. The van der Waals surface area contributed by atoms with Gasteiger partial charge in [-0.3, -0.25) is 9.10 Å². The molecule has 1 aromatic rings. The van der Waals surface area contributed by atoms with Gasteiger partial charge in [-0.15, -0.1) is 0 Å². The molecule has 1 aliphatic rings. The van der Waals surface area contributed by atoms with E-state index in [1.165, 1.54) is 4.31 Å². The van der Waals surface area contributed by atoms with E-state index in [9.17, 15) is 13.2 Å². The number of carbonyl (C=O) groups is 1. The van der Waals surface area contributed by atoms with Crippen LogP contribution < -0.4 is 9.04 Å². The number of hydrogen-bond acceptors (Lipinski definition) is 4. The minimum absolute atomic E-state index is 0.0173. The first-order chi connectivity index (χ1) is 11.3. The highest BCUT2D eigenvalue weighted by Crippen LogP contribution is 2.22. The third-order valence-corrected chi connectivity index (χ3v) is 5.49. The molecule has 7 heteroatoms. The van der Waals surface area contributed by atoms with Crippen molar-refractivity contribution in [1.29, 1.82) is 0 Å². The van der Waals surface area contributed by atoms with Crippen LogP contribution in [0.1, 0.15) is 26.2 Å². The molecular weight excluding hydrogens is 328 g/mol. The molecule has 0 aromatic heterocycles. The number of piperidine rings is 1. The number of benzene rings is 1. The van der Waals surface area contributed by atoms with Crippen LogP contribution in [0.3, 0.4) is 0 Å². The number of hydrogen-bond donors (Lipinski definition) is 0. The zero-order chi connectivity index (χ0) is 17.7. The summed E-state index contributed by atoms with van der Waals surface area (Å²) in [5.74, 6) is 1.18. The lowest BCUT2D eigenvalue weighted by atomic mass is 10.00. The first-order valence-electron chi connectivity index (χ1n) is 8.21. The van der Waals surface area contributed by atoms with Crippen molar-refractivity contribution in [1.82, 2.24) is 4.90 Å². The van der Waals surface area contributed by atoms with E-state index in [4.69, 9.17) is 4.74 Å². The average Bonchev–Trinajstić information content (AvgIpc) is 2.54. The van der Waals surface area contributed by atoms with Gasteiger partial charge in [0.15, 0.2) is 0 Å². The number of rotatable bonds is 6. The number of nitrogens with zero attached hydrogens (tertiary/aromatic N) is 2. The van der Waals surface area contributed by atoms with E-state index in [0.29, 0.717) is 17.4 Å². The molecule has 0 radical (unpaired) electrons. The second kappa shape index (κ2) is 7.88. The predicted octanol–water partition coefficient (Wildman–Crippen LogP) is 2.11. The smallest absolute Gasteiger partial charge is 0.232 e. The van der Waals surface area contributed by atoms with Gasteiger partial charge >= 0.3 is 0 Å². The Morgan fingerprint density at radius 3 is 2.54 bits per heavy atom. The standard InChI is InChI=1S/C17H26N2O4S/c1-14-5-4-11-18(13-14)17(20)10-12-19(24(3,21)22)15-6-8-16(23-2)9-7-15/h6-9,14H,4-5,10-13H2,1-3H3. The largest absolute Gasteiger partial charge is 0.497 e. The van der Waals surface area contributed by atoms with Crippen LogP contribution in [0.5, 0.6) is 5.75 Å². The fourth-order valence-electron chi connectivity index (χ4n) is 3.01. The number of methoxy groups -OCH3 is 1. The number of anilines is 1. The summed E-state index contributed by atoms with van der Waals surface area (Å²) < 4.78 is 30.6. The number of sulfonamides is 1. The Hall–Kier alpha value is -1.76. The summed E-state index contributed by atoms with van der Waals surface area (Å²) in [6.07, 6.45) is 3.50. The summed E-state index contributed by atoms with van der Waals surface area (Å²) in [5, 5.41) is 0. The van der Waals surface area contributed by atoms with E-state index in [-0.39, 0.29) is 18.9 Å². The molecule has 134 valence electrons. The second-order valence-electron chi connectivity index (χ2n) is 6.37. The van der Waals surface area contributed by atoms with E-state index in [1.54, 1.807) is 31.4 Å². The van der Waals surface area contributed by atoms with Gasteiger partial charge in [0.25, 0.3) is 0 Å². The third kappa shape index (κ3) is 4.87. The summed E-state index contributed by atoms with van der Waals surface area (Å²) in [6.45, 7) is 3.82. The SMILES string of the molecule is COc1ccc(N(CCC(=O)N2CCCC(C)C2)S(C)(=O)=O)cc1. The highest BCUT2D eigenvalue weighted by atomic mass is 32.2. The molecule has 1 amide bonds. The van der Waals surface area contributed by atoms with Crippen molar-refractivity contribution >= 4 is 21.6 Å². The first kappa shape index (κ1) is 18.6. The van der Waals surface area contributed by atoms with Gasteiger partial charge in [-0.25, -0.2) is 8.42 Å². The van der Waals surface area contributed by atoms with Gasteiger partial charge in [-0.1, -0.05) is 6.92 Å². The summed E-state index contributed by atoms with van der Waals surface area (Å²) >= 11 is 0. The minimum Gasteiger partial charge on any atom is -0.497 e. The number of ether oxygens (including phenoxy) is 1. The maximum absolute atomic E-state index is 12.4. The molecule has 1 atom stereocenters. The van der Waals surface area contributed by atoms with Crippen molar-refractivity contribution < 1.29 is 17.9 Å². The van der Waals surface area contributed by atoms with Gasteiger partial charge in [-0.05, 0) is 43.0 Å². The molecule has 24 heavy (non-hydrogen) atoms. The highest BCUT2D eigenvalue weighted by Gasteiger charge is 2.23. The van der Waals surface area contributed by atoms with Crippen molar-refractivity contribution in [3.05, 3.63) is 24.3 Å². The molecule has 0 aliphatic carbocycles. The lowest BCUT2D eigenvalue weighted by Crippen LogP contribution is -2.41. The van der Waals surface area contributed by atoms with Crippen molar-refractivity contribution in [3.8, 4) is 5.75 Å². The Labute approximate surface area is 144 Å². The molecule has 0 N–H and O–H groups in total. The molecular formula is C17H26N2O4S. The molecule has 0 bridgehead atoms. The quantitative estimate of drug-likeness (QED) is 0.785. The van der Waals surface area contributed by atoms with E-state index < -0.39 is 10.0 Å². The maximum Gasteiger partial charge on any atom is 0.232 e. The number of likely N-dealkylation sites (tertiary alicyclic amines) is 1. The molecule has 0 spiro atoms. The molecule has 1 fully saturated rings. The van der Waals surface area contributed by atoms with Crippen molar-refractivity contribution in [2.75, 3.05) is 37.3 Å². The van der Waals surface area contributed by atoms with Crippen LogP contribution in [0.25, 0.3) is 0 Å². The zero-order valence-corrected chi connectivity index (χ0v) is 15.4. The van der Waals surface area contributed by atoms with E-state index >= 15 is 0 Å². The van der Waals surface area contributed by atoms with Gasteiger partial charge in [0, 0.05) is 26.1 Å². The van der Waals surface area contributed by atoms with Crippen LogP contribution in [0, 0.1) is 5.92 Å². The summed E-state index contributed by atoms with van der Waals surface area (Å²) in [4.78, 5) is 14.2. The van der Waals surface area contributed by atoms with Crippen LogP contribution in [0.15, 0.2) is 24.3 Å². The van der Waals surface area contributed by atoms with Gasteiger partial charge in [0.2, 0.25) is 15.9 Å². The van der Waals surface area contributed by atoms with Crippen molar-refractivity contribution in [2.24, 2.45) is 5.92 Å². The summed E-state index contributed by atoms with van der Waals surface area (Å²) in [7, 11) is -1.90. The fraction of sp³-hybridized carbons (Fsp3) is 0.588. The van der Waals surface area contributed by atoms with E-state index in [1.807, 2.05) is 4.90 Å². The second-order valence-corrected chi connectivity index (χ2v) is 8.28. The third-order valence-electron chi connectivity index (χ3n) is 4.30. The lowest BCUT2D eigenvalue weighted by molar-refractivity contribution is -0.132. The Bertz CT molecular complexity index is 658. The predicted molar refractivity (Wildman–Crippen MR) is 94.8 cm³/mol. The zero-order valence-electron chi connectivity index (χ0n) is 14.6. The van der Waals surface area contributed by atoms with Gasteiger partial charge in [0.05, 0.1) is 19.1 Å². The van der Waals surface area contributed by atoms with Crippen molar-refractivity contribution in [2.45, 2.75) is 26.2 Å². The van der Waals surface area contributed by atoms with Crippen LogP contribution >= 0.6 is 0 Å². The Kier molecular flexibility index (Phi) is 6.10. The van der Waals surface area contributed by atoms with Crippen LogP contribution in [-0.2, 0) is 14.8 Å². The average molecular weight is 354 g/mol. The topological polar surface area (TPSA) is 66.9 Å². The normalized spacial score (nSPS) is 18.3. The molecule has 6 nitrogen and oxygen atoms in total. The monoisotopic (exact) mass is 354 g/mol. The Morgan fingerprint density at radius 1 is 1.33 bits per heavy atom. The Morgan fingerprint density at radius 2 is 2.00 bits per heavy atom. The Balaban J connectivity index is 2.05. The van der Waals surface area contributed by atoms with Gasteiger partial charge in [-0.2, -0.15) is 0 Å². The molecule has 2 rings (SSSR count). The first-order valence-corrected chi connectivity index (χ1v) is 10.1. The van der Waals surface area contributed by atoms with Crippen molar-refractivity contribution in [3.63, 3.8) is 0 Å². The van der Waals surface area contributed by atoms with Gasteiger partial charge in [0.1, 0.15) is 5.75 Å². The lowest BCUT2D eigenvalue weighted by Gasteiger charge is -2.31. The number of carbonyl (C=O) groups excluding carboxylic acids is 1. The van der Waals surface area contributed by atoms with Crippen LogP contribution in [-0.4, -0.2) is 52.2 Å².